The van der Waals surface area contributed by atoms with Crippen LogP contribution >= 0.6 is 0 Å². The van der Waals surface area contributed by atoms with Crippen molar-refractivity contribution in [1.29, 1.82) is 0 Å². The standard InChI is InChI=1S/C14H21NO/c1-2-12-5-7-13(8-6-12)10-15-11-14-4-3-9-16-14/h5-8,14-15H,2-4,9-11H2,1H3. The summed E-state index contributed by atoms with van der Waals surface area (Å²) in [5, 5.41) is 3.46. The molecular formula is C14H21NO. The molecule has 16 heavy (non-hydrogen) atoms. The van der Waals surface area contributed by atoms with E-state index >= 15 is 0 Å². The van der Waals surface area contributed by atoms with Crippen LogP contribution in [0.5, 0.6) is 0 Å². The lowest BCUT2D eigenvalue weighted by Gasteiger charge is -2.10. The molecule has 1 aliphatic rings. The molecule has 1 aliphatic heterocycles. The molecule has 1 aromatic rings. The maximum Gasteiger partial charge on any atom is 0.0700 e. The second-order valence-corrected chi connectivity index (χ2v) is 4.44. The Morgan fingerprint density at radius 2 is 2.00 bits per heavy atom. The van der Waals surface area contributed by atoms with Gasteiger partial charge in [-0.05, 0) is 30.4 Å². The Kier molecular flexibility index (Phi) is 4.37. The lowest BCUT2D eigenvalue weighted by molar-refractivity contribution is 0.110. The highest BCUT2D eigenvalue weighted by Crippen LogP contribution is 2.11. The van der Waals surface area contributed by atoms with Crippen LogP contribution in [-0.4, -0.2) is 19.3 Å². The molecule has 0 bridgehead atoms. The molecule has 1 atom stereocenters. The Labute approximate surface area is 98.0 Å². The van der Waals surface area contributed by atoms with Crippen LogP contribution in [0.3, 0.4) is 0 Å². The minimum absolute atomic E-state index is 0.440. The van der Waals surface area contributed by atoms with Gasteiger partial charge in [-0.2, -0.15) is 0 Å². The number of ether oxygens (including phenoxy) is 1. The number of hydrogen-bond donors (Lipinski definition) is 1. The molecule has 1 unspecified atom stereocenters. The first kappa shape index (κ1) is 11.6. The molecule has 2 nitrogen and oxygen atoms in total. The Balaban J connectivity index is 1.71. The van der Waals surface area contributed by atoms with Crippen LogP contribution in [0.25, 0.3) is 0 Å². The summed E-state index contributed by atoms with van der Waals surface area (Å²) in [6.45, 7) is 5.06. The highest BCUT2D eigenvalue weighted by atomic mass is 16.5. The Bertz CT molecular complexity index is 301. The first-order valence-corrected chi connectivity index (χ1v) is 6.28. The summed E-state index contributed by atoms with van der Waals surface area (Å²) in [5.41, 5.74) is 2.76. The molecule has 1 fully saturated rings. The fourth-order valence-corrected chi connectivity index (χ4v) is 2.08. The van der Waals surface area contributed by atoms with Crippen molar-refractivity contribution < 1.29 is 4.74 Å². The molecule has 1 heterocycles. The van der Waals surface area contributed by atoms with Crippen molar-refractivity contribution in [2.24, 2.45) is 0 Å². The molecule has 0 amide bonds. The Morgan fingerprint density at radius 3 is 2.62 bits per heavy atom. The number of rotatable bonds is 5. The Morgan fingerprint density at radius 1 is 1.25 bits per heavy atom. The van der Waals surface area contributed by atoms with Crippen LogP contribution in [0.2, 0.25) is 0 Å². The molecular weight excluding hydrogens is 198 g/mol. The van der Waals surface area contributed by atoms with Gasteiger partial charge < -0.3 is 10.1 Å². The zero-order valence-corrected chi connectivity index (χ0v) is 10.0. The second-order valence-electron chi connectivity index (χ2n) is 4.44. The summed E-state index contributed by atoms with van der Waals surface area (Å²) >= 11 is 0. The normalized spacial score (nSPS) is 20.2. The number of aryl methyl sites for hydroxylation is 1. The number of nitrogens with one attached hydrogen (secondary N) is 1. The highest BCUT2D eigenvalue weighted by Gasteiger charge is 2.14. The topological polar surface area (TPSA) is 21.3 Å². The van der Waals surface area contributed by atoms with E-state index in [9.17, 15) is 0 Å². The summed E-state index contributed by atoms with van der Waals surface area (Å²) in [7, 11) is 0. The van der Waals surface area contributed by atoms with Crippen LogP contribution in [0, 0.1) is 0 Å². The summed E-state index contributed by atoms with van der Waals surface area (Å²) < 4.78 is 5.56. The maximum absolute atomic E-state index is 5.56. The van der Waals surface area contributed by atoms with Crippen molar-refractivity contribution in [2.45, 2.75) is 38.8 Å². The first-order valence-electron chi connectivity index (χ1n) is 6.28. The van der Waals surface area contributed by atoms with E-state index in [1.807, 2.05) is 0 Å². The molecule has 0 aliphatic carbocycles. The van der Waals surface area contributed by atoms with Gasteiger partial charge in [-0.3, -0.25) is 0 Å². The average molecular weight is 219 g/mol. The van der Waals surface area contributed by atoms with E-state index in [2.05, 4.69) is 36.5 Å². The van der Waals surface area contributed by atoms with Crippen LogP contribution < -0.4 is 5.32 Å². The molecule has 0 spiro atoms. The zero-order chi connectivity index (χ0) is 11.2. The van der Waals surface area contributed by atoms with Crippen LogP contribution in [-0.2, 0) is 17.7 Å². The molecule has 2 heteroatoms. The first-order chi connectivity index (χ1) is 7.88. The van der Waals surface area contributed by atoms with E-state index in [0.717, 1.165) is 26.1 Å². The van der Waals surface area contributed by atoms with E-state index < -0.39 is 0 Å². The van der Waals surface area contributed by atoms with E-state index in [4.69, 9.17) is 4.74 Å². The number of benzene rings is 1. The van der Waals surface area contributed by atoms with Gasteiger partial charge in [-0.15, -0.1) is 0 Å². The molecule has 0 saturated carbocycles. The van der Waals surface area contributed by atoms with Gasteiger partial charge in [0.2, 0.25) is 0 Å². The summed E-state index contributed by atoms with van der Waals surface area (Å²) in [4.78, 5) is 0. The quantitative estimate of drug-likeness (QED) is 0.821. The smallest absolute Gasteiger partial charge is 0.0700 e. The van der Waals surface area contributed by atoms with Crippen molar-refractivity contribution in [3.8, 4) is 0 Å². The van der Waals surface area contributed by atoms with E-state index in [1.165, 1.54) is 24.0 Å². The molecule has 1 N–H and O–H groups in total. The minimum atomic E-state index is 0.440. The molecule has 0 radical (unpaired) electrons. The number of hydrogen-bond acceptors (Lipinski definition) is 2. The van der Waals surface area contributed by atoms with Gasteiger partial charge in [-0.25, -0.2) is 0 Å². The van der Waals surface area contributed by atoms with Crippen molar-refractivity contribution in [3.05, 3.63) is 35.4 Å². The third-order valence-corrected chi connectivity index (χ3v) is 3.16. The van der Waals surface area contributed by atoms with Crippen LogP contribution in [0.1, 0.15) is 30.9 Å². The van der Waals surface area contributed by atoms with E-state index in [0.29, 0.717) is 6.10 Å². The van der Waals surface area contributed by atoms with Crippen molar-refractivity contribution in [2.75, 3.05) is 13.2 Å². The largest absolute Gasteiger partial charge is 0.377 e. The van der Waals surface area contributed by atoms with Gasteiger partial charge in [0.15, 0.2) is 0 Å². The lowest BCUT2D eigenvalue weighted by Crippen LogP contribution is -2.25. The maximum atomic E-state index is 5.56. The van der Waals surface area contributed by atoms with Gasteiger partial charge in [0.25, 0.3) is 0 Å². The summed E-state index contributed by atoms with van der Waals surface area (Å²) in [6, 6.07) is 8.84. The SMILES string of the molecule is CCc1ccc(CNCC2CCCO2)cc1. The van der Waals surface area contributed by atoms with Gasteiger partial charge in [0.05, 0.1) is 6.10 Å². The predicted octanol–water partition coefficient (Wildman–Crippen LogP) is 2.52. The van der Waals surface area contributed by atoms with Gasteiger partial charge >= 0.3 is 0 Å². The third kappa shape index (κ3) is 3.32. The molecule has 1 saturated heterocycles. The van der Waals surface area contributed by atoms with Gasteiger partial charge in [0, 0.05) is 19.7 Å². The lowest BCUT2D eigenvalue weighted by atomic mass is 10.1. The van der Waals surface area contributed by atoms with Crippen molar-refractivity contribution >= 4 is 0 Å². The van der Waals surface area contributed by atoms with E-state index in [1.54, 1.807) is 0 Å². The van der Waals surface area contributed by atoms with Crippen molar-refractivity contribution in [3.63, 3.8) is 0 Å². The minimum Gasteiger partial charge on any atom is -0.377 e. The molecule has 2 rings (SSSR count). The monoisotopic (exact) mass is 219 g/mol. The predicted molar refractivity (Wildman–Crippen MR) is 66.5 cm³/mol. The summed E-state index contributed by atoms with van der Waals surface area (Å²) in [5.74, 6) is 0. The molecule has 1 aromatic carbocycles. The second kappa shape index (κ2) is 6.02. The van der Waals surface area contributed by atoms with Crippen LogP contribution in [0.15, 0.2) is 24.3 Å². The zero-order valence-electron chi connectivity index (χ0n) is 10.0. The Hall–Kier alpha value is -0.860. The fraction of sp³-hybridized carbons (Fsp3) is 0.571. The molecule has 0 aromatic heterocycles. The van der Waals surface area contributed by atoms with Crippen LogP contribution in [0.4, 0.5) is 0 Å². The van der Waals surface area contributed by atoms with Gasteiger partial charge in [-0.1, -0.05) is 31.2 Å². The van der Waals surface area contributed by atoms with E-state index in [-0.39, 0.29) is 0 Å². The average Bonchev–Trinajstić information content (AvgIpc) is 2.83. The third-order valence-electron chi connectivity index (χ3n) is 3.16. The fourth-order valence-electron chi connectivity index (χ4n) is 2.08. The molecule has 88 valence electrons. The van der Waals surface area contributed by atoms with Gasteiger partial charge in [0.1, 0.15) is 0 Å². The van der Waals surface area contributed by atoms with Crippen molar-refractivity contribution in [1.82, 2.24) is 5.32 Å². The summed E-state index contributed by atoms with van der Waals surface area (Å²) in [6.07, 6.45) is 3.98. The highest BCUT2D eigenvalue weighted by molar-refractivity contribution is 5.22.